The number of alkyl halides is 3. The van der Waals surface area contributed by atoms with Crippen LogP contribution in [0.1, 0.15) is 54.4 Å². The van der Waals surface area contributed by atoms with Crippen molar-refractivity contribution in [1.82, 2.24) is 19.7 Å². The van der Waals surface area contributed by atoms with Gasteiger partial charge in [0.05, 0.1) is 30.5 Å². The standard InChI is InChI=1S/C28H35F3N4O5/c29-28(30,31)19-12-21-14-33(7-8-35(21)26(37)13-19)17-25(36)32-22-15-34(20-2-1-9-38-10-6-20)16-24(22)40-23-4-3-18-5-11-39-27(18)23/h5,11-13,20,22-24H,1-4,6-10,14-17H2,(H,32,36)/t20?,22-,23?,24-/m0/s1. The maximum absolute atomic E-state index is 13.3. The number of furan rings is 1. The van der Waals surface area contributed by atoms with Gasteiger partial charge in [-0.05, 0) is 49.8 Å². The van der Waals surface area contributed by atoms with Gasteiger partial charge in [-0.3, -0.25) is 19.4 Å². The molecule has 1 aliphatic carbocycles. The van der Waals surface area contributed by atoms with Gasteiger partial charge >= 0.3 is 6.18 Å². The molecule has 0 aromatic carbocycles. The summed E-state index contributed by atoms with van der Waals surface area (Å²) in [7, 11) is 0. The average Bonchev–Trinajstić information content (AvgIpc) is 3.56. The van der Waals surface area contributed by atoms with Crippen LogP contribution in [0.2, 0.25) is 0 Å². The zero-order valence-electron chi connectivity index (χ0n) is 22.3. The van der Waals surface area contributed by atoms with Crippen molar-refractivity contribution in [3.8, 4) is 0 Å². The molecule has 5 heterocycles. The summed E-state index contributed by atoms with van der Waals surface area (Å²) < 4.78 is 59.0. The number of hydrogen-bond acceptors (Lipinski definition) is 7. The third-order valence-corrected chi connectivity index (χ3v) is 8.60. The summed E-state index contributed by atoms with van der Waals surface area (Å²) in [5.41, 5.74) is -0.204. The van der Waals surface area contributed by atoms with E-state index in [2.05, 4.69) is 10.2 Å². The Morgan fingerprint density at radius 2 is 2.00 bits per heavy atom. The number of amides is 1. The van der Waals surface area contributed by atoms with Gasteiger partial charge in [-0.2, -0.15) is 13.2 Å². The van der Waals surface area contributed by atoms with Crippen LogP contribution in [0, 0.1) is 0 Å². The second-order valence-corrected chi connectivity index (χ2v) is 11.3. The third-order valence-electron chi connectivity index (χ3n) is 8.60. The first-order chi connectivity index (χ1) is 19.2. The Balaban J connectivity index is 1.12. The molecule has 4 aliphatic rings. The summed E-state index contributed by atoms with van der Waals surface area (Å²) in [6.45, 7) is 3.59. The summed E-state index contributed by atoms with van der Waals surface area (Å²) in [6, 6.07) is 3.75. The highest BCUT2D eigenvalue weighted by molar-refractivity contribution is 5.78. The Hall–Kier alpha value is -2.67. The minimum absolute atomic E-state index is 0.0245. The number of halogens is 3. The van der Waals surface area contributed by atoms with Gasteiger partial charge in [-0.15, -0.1) is 0 Å². The molecule has 2 saturated heterocycles. The van der Waals surface area contributed by atoms with Crippen LogP contribution in [0.4, 0.5) is 13.2 Å². The maximum Gasteiger partial charge on any atom is 0.416 e. The number of nitrogens with zero attached hydrogens (tertiary/aromatic N) is 3. The molecule has 2 aromatic heterocycles. The van der Waals surface area contributed by atoms with E-state index in [0.717, 1.165) is 57.1 Å². The highest BCUT2D eigenvalue weighted by Gasteiger charge is 2.41. The van der Waals surface area contributed by atoms with Crippen molar-refractivity contribution in [2.24, 2.45) is 0 Å². The lowest BCUT2D eigenvalue weighted by Crippen LogP contribution is -2.49. The van der Waals surface area contributed by atoms with Crippen molar-refractivity contribution in [3.05, 3.63) is 57.4 Å². The van der Waals surface area contributed by atoms with Gasteiger partial charge in [-0.25, -0.2) is 0 Å². The van der Waals surface area contributed by atoms with E-state index in [9.17, 15) is 22.8 Å². The van der Waals surface area contributed by atoms with Crippen molar-refractivity contribution in [1.29, 1.82) is 0 Å². The van der Waals surface area contributed by atoms with Gasteiger partial charge in [0.25, 0.3) is 5.56 Å². The average molecular weight is 565 g/mol. The van der Waals surface area contributed by atoms with Crippen LogP contribution in [-0.4, -0.2) is 77.9 Å². The van der Waals surface area contributed by atoms with E-state index in [-0.39, 0.29) is 49.5 Å². The van der Waals surface area contributed by atoms with Crippen molar-refractivity contribution >= 4 is 5.91 Å². The zero-order valence-corrected chi connectivity index (χ0v) is 22.3. The topological polar surface area (TPSA) is 89.2 Å². The van der Waals surface area contributed by atoms with Crippen LogP contribution in [0.25, 0.3) is 0 Å². The molecule has 2 fully saturated rings. The normalized spacial score (nSPS) is 27.8. The highest BCUT2D eigenvalue weighted by Crippen LogP contribution is 2.37. The number of rotatable bonds is 6. The lowest BCUT2D eigenvalue weighted by molar-refractivity contribution is -0.138. The lowest BCUT2D eigenvalue weighted by atomic mass is 10.1. The number of pyridine rings is 1. The first-order valence-corrected chi connectivity index (χ1v) is 14.1. The van der Waals surface area contributed by atoms with Gasteiger partial charge in [0.2, 0.25) is 5.91 Å². The van der Waals surface area contributed by atoms with E-state index in [0.29, 0.717) is 31.7 Å². The number of ether oxygens (including phenoxy) is 2. The van der Waals surface area contributed by atoms with E-state index in [4.69, 9.17) is 13.9 Å². The van der Waals surface area contributed by atoms with Crippen molar-refractivity contribution in [2.75, 3.05) is 39.4 Å². The fraction of sp³-hybridized carbons (Fsp3) is 0.643. The van der Waals surface area contributed by atoms with Gasteiger partial charge in [0.15, 0.2) is 0 Å². The van der Waals surface area contributed by atoms with Crippen LogP contribution >= 0.6 is 0 Å². The number of likely N-dealkylation sites (tertiary alicyclic amines) is 1. The monoisotopic (exact) mass is 564 g/mol. The molecule has 2 aromatic rings. The molecule has 2 unspecified atom stereocenters. The van der Waals surface area contributed by atoms with Crippen LogP contribution in [0.3, 0.4) is 0 Å². The minimum Gasteiger partial charge on any atom is -0.466 e. The number of fused-ring (bicyclic) bond motifs is 2. The Kier molecular flexibility index (Phi) is 7.77. The Labute approximate surface area is 230 Å². The summed E-state index contributed by atoms with van der Waals surface area (Å²) >= 11 is 0. The second-order valence-electron chi connectivity index (χ2n) is 11.3. The van der Waals surface area contributed by atoms with E-state index in [1.165, 1.54) is 10.1 Å². The predicted molar refractivity (Wildman–Crippen MR) is 138 cm³/mol. The molecule has 0 saturated carbocycles. The van der Waals surface area contributed by atoms with Crippen LogP contribution in [0.15, 0.2) is 33.7 Å². The fourth-order valence-corrected chi connectivity index (χ4v) is 6.56. The van der Waals surface area contributed by atoms with Crippen molar-refractivity contribution in [3.63, 3.8) is 0 Å². The Morgan fingerprint density at radius 3 is 2.85 bits per heavy atom. The van der Waals surface area contributed by atoms with E-state index >= 15 is 0 Å². The third kappa shape index (κ3) is 5.86. The van der Waals surface area contributed by atoms with Crippen molar-refractivity contribution < 1.29 is 31.9 Å². The maximum atomic E-state index is 13.3. The molecule has 0 spiro atoms. The number of nitrogens with one attached hydrogen (secondary N) is 1. The Bertz CT molecular complexity index is 1270. The highest BCUT2D eigenvalue weighted by atomic mass is 19.4. The van der Waals surface area contributed by atoms with Gasteiger partial charge in [0.1, 0.15) is 11.9 Å². The minimum atomic E-state index is -4.60. The van der Waals surface area contributed by atoms with E-state index in [1.54, 1.807) is 11.2 Å². The van der Waals surface area contributed by atoms with Crippen LogP contribution in [0.5, 0.6) is 0 Å². The van der Waals surface area contributed by atoms with E-state index < -0.39 is 17.3 Å². The van der Waals surface area contributed by atoms with Gasteiger partial charge in [0, 0.05) is 63.7 Å². The number of carbonyl (C=O) groups is 1. The Morgan fingerprint density at radius 1 is 1.12 bits per heavy atom. The molecule has 40 heavy (non-hydrogen) atoms. The van der Waals surface area contributed by atoms with Crippen LogP contribution in [-0.2, 0) is 40.0 Å². The molecular weight excluding hydrogens is 529 g/mol. The molecule has 1 amide bonds. The molecule has 1 N–H and O–H groups in total. The zero-order chi connectivity index (χ0) is 27.9. The molecule has 4 atom stereocenters. The smallest absolute Gasteiger partial charge is 0.416 e. The molecule has 12 heteroatoms. The molecule has 0 radical (unpaired) electrons. The quantitative estimate of drug-likeness (QED) is 0.577. The lowest BCUT2D eigenvalue weighted by Gasteiger charge is -2.30. The summed E-state index contributed by atoms with van der Waals surface area (Å²) in [5, 5.41) is 3.17. The summed E-state index contributed by atoms with van der Waals surface area (Å²) in [6.07, 6.45) is 1.44. The molecular formula is C28H35F3N4O5. The first kappa shape index (κ1) is 27.5. The number of carbonyl (C=O) groups excluding carboxylic acids is 1. The summed E-state index contributed by atoms with van der Waals surface area (Å²) in [5.74, 6) is 0.657. The molecule has 6 rings (SSSR count). The van der Waals surface area contributed by atoms with Gasteiger partial charge in [-0.1, -0.05) is 0 Å². The molecule has 3 aliphatic heterocycles. The number of aromatic nitrogens is 1. The van der Waals surface area contributed by atoms with Gasteiger partial charge < -0.3 is 23.8 Å². The SMILES string of the molecule is O=C(CN1CCn2c(cc(C(F)(F)F)cc2=O)C1)N[C@H]1CN(C2CCCOCC2)C[C@@H]1OC1CCc2ccoc21. The number of aryl methyl sites for hydroxylation is 1. The molecule has 218 valence electrons. The largest absolute Gasteiger partial charge is 0.466 e. The number of hydrogen-bond donors (Lipinski definition) is 1. The molecule has 9 nitrogen and oxygen atoms in total. The van der Waals surface area contributed by atoms with Crippen molar-refractivity contribution in [2.45, 2.75) is 75.7 Å². The first-order valence-electron chi connectivity index (χ1n) is 14.1. The molecule has 0 bridgehead atoms. The predicted octanol–water partition coefficient (Wildman–Crippen LogP) is 2.72. The second kappa shape index (κ2) is 11.3. The van der Waals surface area contributed by atoms with Crippen LogP contribution < -0.4 is 10.9 Å². The van der Waals surface area contributed by atoms with E-state index in [1.807, 2.05) is 6.07 Å². The summed E-state index contributed by atoms with van der Waals surface area (Å²) in [4.78, 5) is 29.7. The fourth-order valence-electron chi connectivity index (χ4n) is 6.56.